The average molecular weight is 310 g/mol. The van der Waals surface area contributed by atoms with Crippen molar-refractivity contribution in [2.45, 2.75) is 26.8 Å². The summed E-state index contributed by atoms with van der Waals surface area (Å²) in [5.74, 6) is -0.0522. The Bertz CT molecular complexity index is 543. The molecule has 116 valence electrons. The van der Waals surface area contributed by atoms with Crippen LogP contribution in [0.25, 0.3) is 0 Å². The molecule has 1 aromatic rings. The Morgan fingerprint density at radius 2 is 2.24 bits per heavy atom. The van der Waals surface area contributed by atoms with E-state index in [-0.39, 0.29) is 24.4 Å². The van der Waals surface area contributed by atoms with E-state index < -0.39 is 0 Å². The third-order valence-corrected chi connectivity index (χ3v) is 5.05. The summed E-state index contributed by atoms with van der Waals surface area (Å²) in [5.41, 5.74) is 0.975. The number of piperazine rings is 1. The van der Waals surface area contributed by atoms with Gasteiger partial charge in [0, 0.05) is 25.0 Å². The molecule has 1 aliphatic rings. The summed E-state index contributed by atoms with van der Waals surface area (Å²) in [6, 6.07) is -0.0262. The molecule has 0 aromatic carbocycles. The number of aryl methyl sites for hydroxylation is 2. The highest BCUT2D eigenvalue weighted by Crippen LogP contribution is 2.28. The van der Waals surface area contributed by atoms with Gasteiger partial charge in [-0.25, -0.2) is 4.98 Å². The smallest absolute Gasteiger partial charge is 0.242 e. The molecule has 7 heteroatoms. The van der Waals surface area contributed by atoms with E-state index in [2.05, 4.69) is 10.3 Å². The van der Waals surface area contributed by atoms with Gasteiger partial charge in [-0.2, -0.15) is 0 Å². The predicted molar refractivity (Wildman–Crippen MR) is 82.2 cm³/mol. The molecule has 1 aliphatic heterocycles. The van der Waals surface area contributed by atoms with Gasteiger partial charge in [0.15, 0.2) is 0 Å². The van der Waals surface area contributed by atoms with Gasteiger partial charge in [0.05, 0.1) is 29.8 Å². The Kier molecular flexibility index (Phi) is 4.95. The van der Waals surface area contributed by atoms with Gasteiger partial charge < -0.3 is 15.1 Å². The Labute approximate surface area is 129 Å². The molecule has 1 fully saturated rings. The predicted octanol–water partition coefficient (Wildman–Crippen LogP) is 0.711. The second-order valence-electron chi connectivity index (χ2n) is 5.36. The molecule has 0 radical (unpaired) electrons. The van der Waals surface area contributed by atoms with Crippen LogP contribution in [-0.4, -0.2) is 59.8 Å². The third kappa shape index (κ3) is 3.59. The fourth-order valence-corrected chi connectivity index (χ4v) is 3.44. The van der Waals surface area contributed by atoms with Gasteiger partial charge in [0.1, 0.15) is 0 Å². The molecule has 1 aromatic heterocycles. The molecule has 2 amide bonds. The molecule has 0 saturated carbocycles. The van der Waals surface area contributed by atoms with Crippen molar-refractivity contribution >= 4 is 23.2 Å². The van der Waals surface area contributed by atoms with Gasteiger partial charge in [-0.1, -0.05) is 0 Å². The van der Waals surface area contributed by atoms with Gasteiger partial charge in [-0.05, 0) is 20.8 Å². The number of nitrogens with one attached hydrogen (secondary N) is 1. The summed E-state index contributed by atoms with van der Waals surface area (Å²) in [6.07, 6.45) is 0. The minimum atomic E-state index is -0.0387. The molecule has 1 N–H and O–H groups in total. The van der Waals surface area contributed by atoms with E-state index in [0.717, 1.165) is 22.1 Å². The van der Waals surface area contributed by atoms with Crippen LogP contribution >= 0.6 is 11.3 Å². The first-order valence-corrected chi connectivity index (χ1v) is 7.90. The van der Waals surface area contributed by atoms with E-state index in [1.807, 2.05) is 20.8 Å². The van der Waals surface area contributed by atoms with Crippen LogP contribution in [0.3, 0.4) is 0 Å². The summed E-state index contributed by atoms with van der Waals surface area (Å²) in [4.78, 5) is 33.0. The number of hydrogen-bond acceptors (Lipinski definition) is 5. The van der Waals surface area contributed by atoms with Gasteiger partial charge in [0.25, 0.3) is 0 Å². The summed E-state index contributed by atoms with van der Waals surface area (Å²) in [5, 5.41) is 4.01. The number of thiazole rings is 1. The van der Waals surface area contributed by atoms with E-state index in [1.165, 1.54) is 0 Å². The van der Waals surface area contributed by atoms with E-state index in [9.17, 15) is 9.59 Å². The first-order valence-electron chi connectivity index (χ1n) is 7.08. The topological polar surface area (TPSA) is 65.5 Å². The van der Waals surface area contributed by atoms with Gasteiger partial charge >= 0.3 is 0 Å². The van der Waals surface area contributed by atoms with Gasteiger partial charge in [0.2, 0.25) is 11.8 Å². The van der Waals surface area contributed by atoms with Gasteiger partial charge in [-0.15, -0.1) is 11.3 Å². The molecule has 21 heavy (non-hydrogen) atoms. The van der Waals surface area contributed by atoms with Crippen molar-refractivity contribution in [3.63, 3.8) is 0 Å². The van der Waals surface area contributed by atoms with Crippen molar-refractivity contribution < 1.29 is 9.59 Å². The van der Waals surface area contributed by atoms with Crippen LogP contribution in [0.5, 0.6) is 0 Å². The van der Waals surface area contributed by atoms with Crippen LogP contribution in [0.4, 0.5) is 0 Å². The highest BCUT2D eigenvalue weighted by Gasteiger charge is 2.25. The quantitative estimate of drug-likeness (QED) is 0.889. The van der Waals surface area contributed by atoms with Crippen LogP contribution in [0.1, 0.15) is 28.5 Å². The van der Waals surface area contributed by atoms with E-state index >= 15 is 0 Å². The van der Waals surface area contributed by atoms with Crippen molar-refractivity contribution in [3.8, 4) is 0 Å². The molecule has 1 atom stereocenters. The van der Waals surface area contributed by atoms with Crippen molar-refractivity contribution in [1.82, 2.24) is 20.1 Å². The molecular weight excluding hydrogens is 288 g/mol. The minimum absolute atomic E-state index is 0.0135. The number of amides is 2. The number of hydrogen-bond donors (Lipinski definition) is 1. The largest absolute Gasteiger partial charge is 0.337 e. The zero-order valence-electron chi connectivity index (χ0n) is 13.0. The van der Waals surface area contributed by atoms with E-state index in [1.54, 1.807) is 28.2 Å². The minimum Gasteiger partial charge on any atom is -0.337 e. The zero-order chi connectivity index (χ0) is 15.6. The fourth-order valence-electron chi connectivity index (χ4n) is 2.41. The molecular formula is C14H22N4O2S. The molecule has 2 heterocycles. The molecule has 0 unspecified atom stereocenters. The van der Waals surface area contributed by atoms with Crippen LogP contribution in [0.15, 0.2) is 0 Å². The van der Waals surface area contributed by atoms with Gasteiger partial charge in [-0.3, -0.25) is 9.59 Å². The summed E-state index contributed by atoms with van der Waals surface area (Å²) in [7, 11) is 1.79. The Balaban J connectivity index is 2.01. The number of carbonyl (C=O) groups excluding carboxylic acids is 2. The SMILES string of the molecule is Cc1nc(C)c([C@@H](C)N(C)C(=O)CN2CCNCC2=O)s1. The second-order valence-corrected chi connectivity index (χ2v) is 6.59. The first kappa shape index (κ1) is 15.9. The highest BCUT2D eigenvalue weighted by atomic mass is 32.1. The number of rotatable bonds is 4. The maximum atomic E-state index is 12.4. The van der Waals surface area contributed by atoms with Crippen LogP contribution in [0.2, 0.25) is 0 Å². The maximum Gasteiger partial charge on any atom is 0.242 e. The first-order chi connectivity index (χ1) is 9.90. The highest BCUT2D eigenvalue weighted by molar-refractivity contribution is 7.11. The number of likely N-dealkylation sites (N-methyl/N-ethyl adjacent to an activating group) is 1. The molecule has 1 saturated heterocycles. The monoisotopic (exact) mass is 310 g/mol. The maximum absolute atomic E-state index is 12.4. The van der Waals surface area contributed by atoms with Crippen LogP contribution < -0.4 is 5.32 Å². The van der Waals surface area contributed by atoms with Crippen molar-refractivity contribution in [1.29, 1.82) is 0 Å². The Morgan fingerprint density at radius 3 is 2.81 bits per heavy atom. The number of nitrogens with zero attached hydrogens (tertiary/aromatic N) is 3. The van der Waals surface area contributed by atoms with Crippen molar-refractivity contribution in [2.75, 3.05) is 33.2 Å². The molecule has 2 rings (SSSR count). The molecule has 0 aliphatic carbocycles. The second kappa shape index (κ2) is 6.53. The summed E-state index contributed by atoms with van der Waals surface area (Å²) >= 11 is 1.62. The summed E-state index contributed by atoms with van der Waals surface area (Å²) in [6.45, 7) is 7.73. The van der Waals surface area contributed by atoms with Crippen LogP contribution in [0, 0.1) is 13.8 Å². The lowest BCUT2D eigenvalue weighted by Gasteiger charge is -2.30. The molecule has 0 spiro atoms. The summed E-state index contributed by atoms with van der Waals surface area (Å²) < 4.78 is 0. The zero-order valence-corrected chi connectivity index (χ0v) is 13.8. The average Bonchev–Trinajstić information content (AvgIpc) is 2.78. The molecule has 0 bridgehead atoms. The normalized spacial score (nSPS) is 17.0. The standard InChI is InChI=1S/C14H22N4O2S/c1-9-14(21-11(3)16-9)10(2)17(4)13(20)8-18-6-5-15-7-12(18)19/h10,15H,5-8H2,1-4H3/t10-/m1/s1. The molecule has 6 nitrogen and oxygen atoms in total. The number of carbonyl (C=O) groups is 2. The van der Waals surface area contributed by atoms with E-state index in [0.29, 0.717) is 13.1 Å². The lowest BCUT2D eigenvalue weighted by molar-refractivity contribution is -0.141. The Morgan fingerprint density at radius 1 is 1.52 bits per heavy atom. The van der Waals surface area contributed by atoms with E-state index in [4.69, 9.17) is 0 Å². The fraction of sp³-hybridized carbons (Fsp3) is 0.643. The van der Waals surface area contributed by atoms with Crippen molar-refractivity contribution in [2.24, 2.45) is 0 Å². The lowest BCUT2D eigenvalue weighted by atomic mass is 10.2. The number of aromatic nitrogens is 1. The van der Waals surface area contributed by atoms with Crippen LogP contribution in [-0.2, 0) is 9.59 Å². The Hall–Kier alpha value is -1.47. The lowest BCUT2D eigenvalue weighted by Crippen LogP contribution is -2.51. The van der Waals surface area contributed by atoms with Crippen molar-refractivity contribution in [3.05, 3.63) is 15.6 Å². The third-order valence-electron chi connectivity index (χ3n) is 3.81.